The smallest absolute Gasteiger partial charge is 0.280 e. The number of hydrogen-bond acceptors (Lipinski definition) is 8. The fourth-order valence-corrected chi connectivity index (χ4v) is 5.10. The average Bonchev–Trinajstić information content (AvgIpc) is 3.31. The third-order valence-electron chi connectivity index (χ3n) is 4.04. The summed E-state index contributed by atoms with van der Waals surface area (Å²) in [6, 6.07) is 7.68. The molecule has 0 saturated heterocycles. The molecular formula is C18H17N3O5S3. The van der Waals surface area contributed by atoms with Gasteiger partial charge in [0, 0.05) is 11.4 Å². The summed E-state index contributed by atoms with van der Waals surface area (Å²) < 4.78 is 24.3. The number of benzene rings is 1. The van der Waals surface area contributed by atoms with E-state index in [0.29, 0.717) is 21.3 Å². The number of carbonyl (C=O) groups is 1. The van der Waals surface area contributed by atoms with E-state index in [-0.39, 0.29) is 22.9 Å². The maximum absolute atomic E-state index is 12.3. The predicted molar refractivity (Wildman–Crippen MR) is 113 cm³/mol. The number of nitro groups is 1. The lowest BCUT2D eigenvalue weighted by Gasteiger charge is -2.08. The van der Waals surface area contributed by atoms with Crippen molar-refractivity contribution in [2.24, 2.45) is 0 Å². The van der Waals surface area contributed by atoms with Crippen LogP contribution in [0.5, 0.6) is 0 Å². The van der Waals surface area contributed by atoms with Gasteiger partial charge in [-0.25, -0.2) is 13.4 Å². The second-order valence-corrected chi connectivity index (χ2v) is 10.7. The minimum absolute atomic E-state index is 0.00603. The van der Waals surface area contributed by atoms with E-state index < -0.39 is 20.0 Å². The maximum atomic E-state index is 12.3. The van der Waals surface area contributed by atoms with Crippen molar-refractivity contribution in [1.29, 1.82) is 0 Å². The summed E-state index contributed by atoms with van der Waals surface area (Å²) in [7, 11) is -3.35. The number of nitrogens with zero attached hydrogens (tertiary/aromatic N) is 2. The summed E-state index contributed by atoms with van der Waals surface area (Å²) in [6.07, 6.45) is 0.0708. The van der Waals surface area contributed by atoms with Gasteiger partial charge in [-0.3, -0.25) is 14.9 Å². The van der Waals surface area contributed by atoms with Gasteiger partial charge in [0.2, 0.25) is 5.91 Å². The normalized spacial score (nSPS) is 11.6. The summed E-state index contributed by atoms with van der Waals surface area (Å²) in [4.78, 5) is 27.8. The quantitative estimate of drug-likeness (QED) is 0.426. The highest BCUT2D eigenvalue weighted by Crippen LogP contribution is 2.32. The van der Waals surface area contributed by atoms with Crippen molar-refractivity contribution >= 4 is 49.2 Å². The van der Waals surface area contributed by atoms with Gasteiger partial charge in [0.05, 0.1) is 37.4 Å². The Bertz CT molecular complexity index is 1150. The zero-order chi connectivity index (χ0) is 21.2. The predicted octanol–water partition coefficient (Wildman–Crippen LogP) is 4.14. The van der Waals surface area contributed by atoms with E-state index in [1.807, 2.05) is 0 Å². The van der Waals surface area contributed by atoms with Crippen molar-refractivity contribution in [3.63, 3.8) is 0 Å². The summed E-state index contributed by atoms with van der Waals surface area (Å²) in [5, 5.41) is 16.5. The molecule has 1 aromatic carbocycles. The number of thiazole rings is 1. The van der Waals surface area contributed by atoms with Crippen molar-refractivity contribution in [3.8, 4) is 10.6 Å². The van der Waals surface area contributed by atoms with Gasteiger partial charge in [0.1, 0.15) is 0 Å². The second-order valence-electron chi connectivity index (χ2n) is 6.43. The van der Waals surface area contributed by atoms with Crippen LogP contribution in [0.1, 0.15) is 19.4 Å². The highest BCUT2D eigenvalue weighted by atomic mass is 32.2. The molecule has 1 amide bonds. The molecule has 8 nitrogen and oxygen atoms in total. The van der Waals surface area contributed by atoms with Crippen LogP contribution in [0.2, 0.25) is 0 Å². The van der Waals surface area contributed by atoms with Gasteiger partial charge >= 0.3 is 0 Å². The molecule has 1 N–H and O–H groups in total. The number of hydrogen-bond donors (Lipinski definition) is 1. The molecule has 0 atom stereocenters. The molecule has 0 radical (unpaired) electrons. The fourth-order valence-electron chi connectivity index (χ4n) is 2.42. The number of nitrogens with one attached hydrogen (secondary N) is 1. The van der Waals surface area contributed by atoms with Gasteiger partial charge in [-0.1, -0.05) is 12.1 Å². The number of carbonyl (C=O) groups excluding carboxylic acids is 1. The van der Waals surface area contributed by atoms with Crippen molar-refractivity contribution < 1.29 is 18.1 Å². The SMILES string of the molecule is CC(C)S(=O)(=O)c1ccc(CC(=O)Nc2nc(-c3cc([N+](=O)[O-])cs3)cs2)cc1. The Balaban J connectivity index is 1.64. The van der Waals surface area contributed by atoms with Crippen LogP contribution in [0.4, 0.5) is 10.8 Å². The number of anilines is 1. The lowest BCUT2D eigenvalue weighted by Crippen LogP contribution is -2.15. The molecule has 0 aliphatic rings. The minimum Gasteiger partial charge on any atom is -0.302 e. The molecule has 0 saturated carbocycles. The Morgan fingerprint density at radius 2 is 1.90 bits per heavy atom. The summed E-state index contributed by atoms with van der Waals surface area (Å²) in [5.74, 6) is -0.289. The highest BCUT2D eigenvalue weighted by Gasteiger charge is 2.19. The van der Waals surface area contributed by atoms with E-state index in [0.717, 1.165) is 0 Å². The summed E-state index contributed by atoms with van der Waals surface area (Å²) in [6.45, 7) is 3.24. The number of aromatic nitrogens is 1. The van der Waals surface area contributed by atoms with Gasteiger partial charge in [0.15, 0.2) is 15.0 Å². The molecule has 0 aliphatic carbocycles. The molecule has 29 heavy (non-hydrogen) atoms. The largest absolute Gasteiger partial charge is 0.302 e. The first-order chi connectivity index (χ1) is 13.7. The van der Waals surface area contributed by atoms with E-state index in [2.05, 4.69) is 10.3 Å². The number of rotatable bonds is 7. The molecule has 0 bridgehead atoms. The topological polar surface area (TPSA) is 119 Å². The van der Waals surface area contributed by atoms with Crippen LogP contribution in [-0.2, 0) is 21.1 Å². The molecule has 0 spiro atoms. The maximum Gasteiger partial charge on any atom is 0.280 e. The third kappa shape index (κ3) is 4.86. The minimum atomic E-state index is -3.35. The lowest BCUT2D eigenvalue weighted by molar-refractivity contribution is -0.384. The molecule has 11 heteroatoms. The van der Waals surface area contributed by atoms with Crippen LogP contribution in [0.15, 0.2) is 46.0 Å². The third-order valence-corrected chi connectivity index (χ3v) is 7.91. The van der Waals surface area contributed by atoms with E-state index >= 15 is 0 Å². The molecule has 3 aromatic rings. The van der Waals surface area contributed by atoms with Crippen molar-refractivity contribution in [2.75, 3.05) is 5.32 Å². The zero-order valence-electron chi connectivity index (χ0n) is 15.5. The van der Waals surface area contributed by atoms with Crippen LogP contribution < -0.4 is 5.32 Å². The first kappa shape index (κ1) is 21.1. The first-order valence-corrected chi connectivity index (χ1v) is 11.8. The Labute approximate surface area is 175 Å². The Kier molecular flexibility index (Phi) is 6.10. The highest BCUT2D eigenvalue weighted by molar-refractivity contribution is 7.92. The first-order valence-electron chi connectivity index (χ1n) is 8.48. The van der Waals surface area contributed by atoms with Gasteiger partial charge in [0.25, 0.3) is 5.69 Å². The van der Waals surface area contributed by atoms with Crippen LogP contribution in [0, 0.1) is 10.1 Å². The van der Waals surface area contributed by atoms with Crippen LogP contribution in [-0.4, -0.2) is 29.5 Å². The second kappa shape index (κ2) is 8.39. The number of amides is 1. The molecule has 2 heterocycles. The van der Waals surface area contributed by atoms with Crippen LogP contribution in [0.25, 0.3) is 10.6 Å². The molecule has 3 rings (SSSR count). The van der Waals surface area contributed by atoms with Crippen molar-refractivity contribution in [1.82, 2.24) is 4.98 Å². The lowest BCUT2D eigenvalue weighted by atomic mass is 10.1. The number of thiophene rings is 1. The van der Waals surface area contributed by atoms with E-state index in [1.54, 1.807) is 31.4 Å². The monoisotopic (exact) mass is 451 g/mol. The Morgan fingerprint density at radius 1 is 1.21 bits per heavy atom. The fraction of sp³-hybridized carbons (Fsp3) is 0.222. The zero-order valence-corrected chi connectivity index (χ0v) is 17.9. The Hall–Kier alpha value is -2.63. The summed E-state index contributed by atoms with van der Waals surface area (Å²) >= 11 is 2.44. The van der Waals surface area contributed by atoms with Crippen molar-refractivity contribution in [2.45, 2.75) is 30.4 Å². The average molecular weight is 452 g/mol. The molecule has 0 unspecified atom stereocenters. The van der Waals surface area contributed by atoms with Gasteiger partial charge in [-0.05, 0) is 31.5 Å². The molecule has 0 fully saturated rings. The van der Waals surface area contributed by atoms with Crippen LogP contribution >= 0.6 is 22.7 Å². The Morgan fingerprint density at radius 3 is 2.48 bits per heavy atom. The number of sulfone groups is 1. The van der Waals surface area contributed by atoms with Gasteiger partial charge < -0.3 is 5.32 Å². The van der Waals surface area contributed by atoms with E-state index in [4.69, 9.17) is 0 Å². The van der Waals surface area contributed by atoms with Gasteiger partial charge in [-0.15, -0.1) is 22.7 Å². The molecular weight excluding hydrogens is 434 g/mol. The van der Waals surface area contributed by atoms with Gasteiger partial charge in [-0.2, -0.15) is 0 Å². The molecule has 152 valence electrons. The summed E-state index contributed by atoms with van der Waals surface area (Å²) in [5.41, 5.74) is 1.24. The van der Waals surface area contributed by atoms with Crippen LogP contribution in [0.3, 0.4) is 0 Å². The van der Waals surface area contributed by atoms with Crippen molar-refractivity contribution in [3.05, 3.63) is 56.8 Å². The van der Waals surface area contributed by atoms with E-state index in [9.17, 15) is 23.3 Å². The molecule has 0 aliphatic heterocycles. The van der Waals surface area contributed by atoms with E-state index in [1.165, 1.54) is 46.3 Å². The molecule has 2 aromatic heterocycles. The standard InChI is InChI=1S/C18H17N3O5S3/c1-11(2)29(25,26)14-5-3-12(4-6-14)7-17(22)20-18-19-15(10-28-18)16-8-13(9-27-16)21(23)24/h3-6,8-11H,7H2,1-2H3,(H,19,20,22).